The Hall–Kier alpha value is -1.62. The van der Waals surface area contributed by atoms with Gasteiger partial charge in [0.25, 0.3) is 0 Å². The number of H-pyrrole nitrogens is 1. The molecule has 5 heteroatoms. The van der Waals surface area contributed by atoms with Crippen molar-refractivity contribution in [2.24, 2.45) is 0 Å². The molecule has 2 aromatic heterocycles. The van der Waals surface area contributed by atoms with E-state index in [2.05, 4.69) is 27.4 Å². The van der Waals surface area contributed by atoms with Gasteiger partial charge in [-0.3, -0.25) is 5.10 Å². The molecule has 2 heterocycles. The van der Waals surface area contributed by atoms with Gasteiger partial charge in [0, 0.05) is 18.3 Å². The Morgan fingerprint density at radius 3 is 2.94 bits per heavy atom. The van der Waals surface area contributed by atoms with Crippen LogP contribution in [0.1, 0.15) is 24.6 Å². The summed E-state index contributed by atoms with van der Waals surface area (Å²) in [6.07, 6.45) is 0.701. The number of nitrogens with one attached hydrogen (secondary N) is 2. The number of nitrogens with zero attached hydrogens (tertiary/aromatic N) is 2. The Morgan fingerprint density at radius 1 is 1.47 bits per heavy atom. The quantitative estimate of drug-likeness (QED) is 0.753. The summed E-state index contributed by atoms with van der Waals surface area (Å²) in [7, 11) is 0. The van der Waals surface area contributed by atoms with Crippen LogP contribution in [-0.4, -0.2) is 32.9 Å². The van der Waals surface area contributed by atoms with Crippen molar-refractivity contribution in [2.45, 2.75) is 33.2 Å². The lowest BCUT2D eigenvalue weighted by Crippen LogP contribution is -2.17. The summed E-state index contributed by atoms with van der Waals surface area (Å²) in [6, 6.07) is 2.23. The molecule has 0 bridgehead atoms. The maximum atomic E-state index is 8.89. The molecule has 3 N–H and O–H groups in total. The maximum Gasteiger partial charge on any atom is 0.157 e. The second-order valence-corrected chi connectivity index (χ2v) is 4.43. The van der Waals surface area contributed by atoms with Gasteiger partial charge < -0.3 is 10.4 Å². The van der Waals surface area contributed by atoms with Crippen molar-refractivity contribution in [1.82, 2.24) is 15.2 Å². The lowest BCUT2D eigenvalue weighted by Gasteiger charge is -2.12. The highest BCUT2D eigenvalue weighted by Crippen LogP contribution is 2.24. The number of pyridine rings is 1. The minimum Gasteiger partial charge on any atom is -0.396 e. The molecule has 0 aromatic carbocycles. The van der Waals surface area contributed by atoms with Crippen LogP contribution in [0.25, 0.3) is 11.0 Å². The molecule has 1 atom stereocenters. The Labute approximate surface area is 100 Å². The Bertz CT molecular complexity index is 520. The zero-order valence-electron chi connectivity index (χ0n) is 10.4. The Balaban J connectivity index is 2.36. The number of hydrogen-bond acceptors (Lipinski definition) is 4. The molecule has 5 nitrogen and oxygen atoms in total. The van der Waals surface area contributed by atoms with Gasteiger partial charge in [-0.1, -0.05) is 0 Å². The van der Waals surface area contributed by atoms with Gasteiger partial charge in [0.05, 0.1) is 5.39 Å². The van der Waals surface area contributed by atoms with E-state index in [1.165, 1.54) is 0 Å². The molecule has 0 saturated heterocycles. The first kappa shape index (κ1) is 11.9. The zero-order valence-corrected chi connectivity index (χ0v) is 10.4. The number of aromatic nitrogens is 3. The lowest BCUT2D eigenvalue weighted by molar-refractivity contribution is 0.282. The summed E-state index contributed by atoms with van der Waals surface area (Å²) in [5.41, 5.74) is 2.94. The highest BCUT2D eigenvalue weighted by Gasteiger charge is 2.12. The topological polar surface area (TPSA) is 73.8 Å². The fraction of sp³-hybridized carbons (Fsp3) is 0.500. The molecule has 0 aliphatic carbocycles. The molecule has 0 radical (unpaired) electrons. The first-order valence-electron chi connectivity index (χ1n) is 5.81. The molecule has 92 valence electrons. The number of rotatable bonds is 4. The summed E-state index contributed by atoms with van der Waals surface area (Å²) >= 11 is 0. The van der Waals surface area contributed by atoms with E-state index in [-0.39, 0.29) is 12.6 Å². The van der Waals surface area contributed by atoms with Crippen LogP contribution in [0.5, 0.6) is 0 Å². The number of aliphatic hydroxyl groups excluding tert-OH is 1. The Morgan fingerprint density at radius 2 is 2.24 bits per heavy atom. The largest absolute Gasteiger partial charge is 0.396 e. The van der Waals surface area contributed by atoms with Gasteiger partial charge in [-0.15, -0.1) is 0 Å². The smallest absolute Gasteiger partial charge is 0.157 e. The molecule has 0 aliphatic heterocycles. The van der Waals surface area contributed by atoms with Crippen LogP contribution in [0.4, 0.5) is 5.82 Å². The summed E-state index contributed by atoms with van der Waals surface area (Å²) < 4.78 is 0. The molecule has 0 aliphatic rings. The van der Waals surface area contributed by atoms with Crippen LogP contribution in [0.2, 0.25) is 0 Å². The monoisotopic (exact) mass is 234 g/mol. The van der Waals surface area contributed by atoms with Gasteiger partial charge in [-0.25, -0.2) is 4.98 Å². The third-order valence-electron chi connectivity index (χ3n) is 2.80. The second-order valence-electron chi connectivity index (χ2n) is 4.43. The van der Waals surface area contributed by atoms with E-state index in [4.69, 9.17) is 5.11 Å². The van der Waals surface area contributed by atoms with Gasteiger partial charge >= 0.3 is 0 Å². The summed E-state index contributed by atoms with van der Waals surface area (Å²) in [5.74, 6) is 0.811. The van der Waals surface area contributed by atoms with Crippen LogP contribution in [-0.2, 0) is 0 Å². The summed E-state index contributed by atoms with van der Waals surface area (Å²) in [4.78, 5) is 4.40. The van der Waals surface area contributed by atoms with Crippen molar-refractivity contribution >= 4 is 16.9 Å². The minimum atomic E-state index is 0.173. The van der Waals surface area contributed by atoms with Crippen LogP contribution in [0.3, 0.4) is 0 Å². The average Bonchev–Trinajstić information content (AvgIpc) is 2.61. The maximum absolute atomic E-state index is 8.89. The number of aromatic amines is 1. The van der Waals surface area contributed by atoms with Crippen LogP contribution < -0.4 is 5.32 Å². The summed E-state index contributed by atoms with van der Waals surface area (Å²) in [6.45, 7) is 6.21. The van der Waals surface area contributed by atoms with E-state index < -0.39 is 0 Å². The molecule has 0 spiro atoms. The van der Waals surface area contributed by atoms with E-state index in [0.29, 0.717) is 6.42 Å². The van der Waals surface area contributed by atoms with E-state index in [1.807, 2.05) is 19.9 Å². The molecule has 17 heavy (non-hydrogen) atoms. The van der Waals surface area contributed by atoms with E-state index in [1.54, 1.807) is 0 Å². The molecule has 1 unspecified atom stereocenters. The second kappa shape index (κ2) is 4.71. The van der Waals surface area contributed by atoms with Gasteiger partial charge in [-0.2, -0.15) is 5.10 Å². The fourth-order valence-corrected chi connectivity index (χ4v) is 1.99. The predicted octanol–water partition coefficient (Wildman–Crippen LogP) is 1.76. The molecular formula is C12H18N4O. The van der Waals surface area contributed by atoms with Gasteiger partial charge in [0.1, 0.15) is 0 Å². The lowest BCUT2D eigenvalue weighted by atomic mass is 10.1. The Kier molecular flexibility index (Phi) is 3.28. The standard InChI is InChI=1S/C12H18N4O/c1-7-6-9(3)14-12-10(7)11(15-16-12)13-8(2)4-5-17/h6,8,17H,4-5H2,1-3H3,(H2,13,14,15,16). The van der Waals surface area contributed by atoms with Crippen molar-refractivity contribution in [3.05, 3.63) is 17.3 Å². The SMILES string of the molecule is Cc1cc(C)c2c(NC(C)CCO)n[nH]c2n1. The highest BCUT2D eigenvalue weighted by molar-refractivity contribution is 5.90. The zero-order chi connectivity index (χ0) is 12.4. The van der Waals surface area contributed by atoms with Crippen molar-refractivity contribution in [3.8, 4) is 0 Å². The summed E-state index contributed by atoms with van der Waals surface area (Å²) in [5, 5.41) is 20.4. The average molecular weight is 234 g/mol. The number of aryl methyl sites for hydroxylation is 2. The number of fused-ring (bicyclic) bond motifs is 1. The first-order chi connectivity index (χ1) is 8.11. The van der Waals surface area contributed by atoms with Crippen LogP contribution in [0.15, 0.2) is 6.07 Å². The molecule has 0 saturated carbocycles. The highest BCUT2D eigenvalue weighted by atomic mass is 16.3. The van der Waals surface area contributed by atoms with E-state index in [9.17, 15) is 0 Å². The van der Waals surface area contributed by atoms with E-state index >= 15 is 0 Å². The van der Waals surface area contributed by atoms with Gasteiger partial charge in [0.2, 0.25) is 0 Å². The first-order valence-corrected chi connectivity index (χ1v) is 5.81. The molecule has 2 aromatic rings. The molecule has 2 rings (SSSR count). The van der Waals surface area contributed by atoms with Crippen LogP contribution in [0, 0.1) is 13.8 Å². The van der Waals surface area contributed by atoms with Crippen LogP contribution >= 0.6 is 0 Å². The predicted molar refractivity (Wildman–Crippen MR) is 68.2 cm³/mol. The van der Waals surface area contributed by atoms with E-state index in [0.717, 1.165) is 28.1 Å². The van der Waals surface area contributed by atoms with Gasteiger partial charge in [-0.05, 0) is 38.8 Å². The fourth-order valence-electron chi connectivity index (χ4n) is 1.99. The number of anilines is 1. The normalized spacial score (nSPS) is 12.9. The van der Waals surface area contributed by atoms with Crippen molar-refractivity contribution in [3.63, 3.8) is 0 Å². The number of aliphatic hydroxyl groups is 1. The van der Waals surface area contributed by atoms with Crippen molar-refractivity contribution < 1.29 is 5.11 Å². The molecule has 0 fully saturated rings. The van der Waals surface area contributed by atoms with Gasteiger partial charge in [0.15, 0.2) is 11.5 Å². The molecular weight excluding hydrogens is 216 g/mol. The molecule has 0 amide bonds. The third kappa shape index (κ3) is 2.39. The third-order valence-corrected chi connectivity index (χ3v) is 2.80. The van der Waals surface area contributed by atoms with Crippen molar-refractivity contribution in [2.75, 3.05) is 11.9 Å². The van der Waals surface area contributed by atoms with Crippen molar-refractivity contribution in [1.29, 1.82) is 0 Å². The minimum absolute atomic E-state index is 0.173. The number of hydrogen-bond donors (Lipinski definition) is 3.